The van der Waals surface area contributed by atoms with Gasteiger partial charge in [-0.1, -0.05) is 23.7 Å². The SMILES string of the molecule is Cc1cnc(NN)nc1Oc1ccccc1Cl. The maximum absolute atomic E-state index is 5.99. The highest BCUT2D eigenvalue weighted by atomic mass is 35.5. The molecule has 0 unspecified atom stereocenters. The molecule has 0 aliphatic rings. The topological polar surface area (TPSA) is 73.1 Å². The molecule has 0 atom stereocenters. The molecule has 1 aromatic heterocycles. The standard InChI is InChI=1S/C11H11ClN4O/c1-7-6-14-11(16-13)15-10(7)17-9-5-3-2-4-8(9)12/h2-6H,13H2,1H3,(H,14,15,16). The van der Waals surface area contributed by atoms with E-state index in [0.29, 0.717) is 16.7 Å². The number of hydrogen-bond acceptors (Lipinski definition) is 5. The lowest BCUT2D eigenvalue weighted by molar-refractivity contribution is 0.458. The third-order valence-electron chi connectivity index (χ3n) is 2.10. The van der Waals surface area contributed by atoms with Crippen molar-refractivity contribution < 1.29 is 4.74 Å². The summed E-state index contributed by atoms with van der Waals surface area (Å²) in [4.78, 5) is 8.06. The van der Waals surface area contributed by atoms with E-state index in [9.17, 15) is 0 Å². The van der Waals surface area contributed by atoms with E-state index in [1.165, 1.54) is 0 Å². The average Bonchev–Trinajstić information content (AvgIpc) is 2.35. The molecule has 1 heterocycles. The fraction of sp³-hybridized carbons (Fsp3) is 0.0909. The van der Waals surface area contributed by atoms with Gasteiger partial charge in [-0.15, -0.1) is 0 Å². The average molecular weight is 251 g/mol. The fourth-order valence-electron chi connectivity index (χ4n) is 1.23. The Balaban J connectivity index is 2.32. The smallest absolute Gasteiger partial charge is 0.240 e. The number of nitrogens with zero attached hydrogens (tertiary/aromatic N) is 2. The van der Waals surface area contributed by atoms with Crippen LogP contribution in [0.1, 0.15) is 5.56 Å². The Hall–Kier alpha value is -1.85. The van der Waals surface area contributed by atoms with Gasteiger partial charge in [-0.3, -0.25) is 5.43 Å². The predicted molar refractivity (Wildman–Crippen MR) is 66.1 cm³/mol. The third-order valence-corrected chi connectivity index (χ3v) is 2.41. The molecule has 6 heteroatoms. The summed E-state index contributed by atoms with van der Waals surface area (Å²) in [5.41, 5.74) is 3.16. The number of nitrogens with one attached hydrogen (secondary N) is 1. The van der Waals surface area contributed by atoms with Crippen LogP contribution in [0.15, 0.2) is 30.5 Å². The van der Waals surface area contributed by atoms with Gasteiger partial charge in [0.15, 0.2) is 0 Å². The van der Waals surface area contributed by atoms with E-state index in [0.717, 1.165) is 5.56 Å². The van der Waals surface area contributed by atoms with Crippen molar-refractivity contribution in [1.29, 1.82) is 0 Å². The van der Waals surface area contributed by atoms with Crippen molar-refractivity contribution >= 4 is 17.5 Å². The van der Waals surface area contributed by atoms with Gasteiger partial charge in [0.05, 0.1) is 5.02 Å². The van der Waals surface area contributed by atoms with Gasteiger partial charge in [0.25, 0.3) is 0 Å². The van der Waals surface area contributed by atoms with Crippen LogP contribution in [0.25, 0.3) is 0 Å². The number of para-hydroxylation sites is 1. The summed E-state index contributed by atoms with van der Waals surface area (Å²) in [6, 6.07) is 7.17. The molecule has 0 spiro atoms. The molecule has 3 N–H and O–H groups in total. The lowest BCUT2D eigenvalue weighted by Crippen LogP contribution is -2.11. The highest BCUT2D eigenvalue weighted by Crippen LogP contribution is 2.29. The van der Waals surface area contributed by atoms with Gasteiger partial charge in [-0.25, -0.2) is 10.8 Å². The Morgan fingerprint density at radius 2 is 2.12 bits per heavy atom. The minimum atomic E-state index is 0.289. The first-order valence-corrected chi connectivity index (χ1v) is 5.31. The van der Waals surface area contributed by atoms with E-state index in [-0.39, 0.29) is 5.95 Å². The lowest BCUT2D eigenvalue weighted by Gasteiger charge is -2.09. The van der Waals surface area contributed by atoms with Crippen LogP contribution in [0.2, 0.25) is 5.02 Å². The number of aryl methyl sites for hydroxylation is 1. The zero-order chi connectivity index (χ0) is 12.3. The molecule has 0 aliphatic carbocycles. The molecule has 5 nitrogen and oxygen atoms in total. The minimum absolute atomic E-state index is 0.289. The van der Waals surface area contributed by atoms with Gasteiger partial charge in [0, 0.05) is 11.8 Å². The van der Waals surface area contributed by atoms with Crippen molar-refractivity contribution in [2.45, 2.75) is 6.92 Å². The van der Waals surface area contributed by atoms with Crippen LogP contribution in [-0.4, -0.2) is 9.97 Å². The van der Waals surface area contributed by atoms with Crippen LogP contribution in [0.3, 0.4) is 0 Å². The number of benzene rings is 1. The number of hydrazine groups is 1. The molecule has 0 saturated heterocycles. The Labute approximate surface area is 104 Å². The molecule has 0 saturated carbocycles. The Kier molecular flexibility index (Phi) is 3.41. The quantitative estimate of drug-likeness (QED) is 0.647. The number of ether oxygens (including phenoxy) is 1. The summed E-state index contributed by atoms with van der Waals surface area (Å²) in [5.74, 6) is 6.48. The minimum Gasteiger partial charge on any atom is -0.437 e. The number of rotatable bonds is 3. The van der Waals surface area contributed by atoms with Crippen molar-refractivity contribution in [3.05, 3.63) is 41.0 Å². The van der Waals surface area contributed by atoms with Gasteiger partial charge in [0.2, 0.25) is 11.8 Å². The van der Waals surface area contributed by atoms with Crippen LogP contribution in [-0.2, 0) is 0 Å². The molecule has 17 heavy (non-hydrogen) atoms. The first-order chi connectivity index (χ1) is 8.20. The molecule has 0 fully saturated rings. The van der Waals surface area contributed by atoms with E-state index in [1.807, 2.05) is 19.1 Å². The van der Waals surface area contributed by atoms with Gasteiger partial charge in [-0.2, -0.15) is 4.98 Å². The van der Waals surface area contributed by atoms with E-state index >= 15 is 0 Å². The van der Waals surface area contributed by atoms with Crippen molar-refractivity contribution in [3.8, 4) is 11.6 Å². The van der Waals surface area contributed by atoms with Gasteiger partial charge >= 0.3 is 0 Å². The molecule has 88 valence electrons. The van der Waals surface area contributed by atoms with E-state index in [1.54, 1.807) is 18.3 Å². The highest BCUT2D eigenvalue weighted by molar-refractivity contribution is 6.32. The van der Waals surface area contributed by atoms with E-state index < -0.39 is 0 Å². The lowest BCUT2D eigenvalue weighted by atomic mass is 10.3. The molecule has 0 bridgehead atoms. The molecule has 2 aromatic rings. The number of nitrogen functional groups attached to an aromatic ring is 1. The summed E-state index contributed by atoms with van der Waals surface area (Å²) < 4.78 is 5.60. The Bertz CT molecular complexity index is 533. The second-order valence-corrected chi connectivity index (χ2v) is 3.77. The van der Waals surface area contributed by atoms with Crippen LogP contribution in [0.5, 0.6) is 11.6 Å². The molecule has 1 aromatic carbocycles. The maximum Gasteiger partial charge on any atom is 0.240 e. The number of nitrogens with two attached hydrogens (primary N) is 1. The first-order valence-electron chi connectivity index (χ1n) is 4.93. The molecule has 0 radical (unpaired) electrons. The zero-order valence-corrected chi connectivity index (χ0v) is 9.90. The summed E-state index contributed by atoms with van der Waals surface area (Å²) in [6.45, 7) is 1.84. The van der Waals surface area contributed by atoms with Crippen molar-refractivity contribution in [3.63, 3.8) is 0 Å². The second-order valence-electron chi connectivity index (χ2n) is 3.36. The second kappa shape index (κ2) is 4.99. The molecule has 2 rings (SSSR count). The van der Waals surface area contributed by atoms with Crippen molar-refractivity contribution in [2.24, 2.45) is 5.84 Å². The normalized spacial score (nSPS) is 10.1. The largest absolute Gasteiger partial charge is 0.437 e. The van der Waals surface area contributed by atoms with Gasteiger partial charge in [-0.05, 0) is 19.1 Å². The molecule has 0 amide bonds. The van der Waals surface area contributed by atoms with Gasteiger partial charge < -0.3 is 4.74 Å². The Morgan fingerprint density at radius 3 is 2.82 bits per heavy atom. The fourth-order valence-corrected chi connectivity index (χ4v) is 1.41. The van der Waals surface area contributed by atoms with Crippen LogP contribution < -0.4 is 16.0 Å². The monoisotopic (exact) mass is 250 g/mol. The zero-order valence-electron chi connectivity index (χ0n) is 9.14. The Morgan fingerprint density at radius 1 is 1.35 bits per heavy atom. The van der Waals surface area contributed by atoms with Crippen LogP contribution >= 0.6 is 11.6 Å². The predicted octanol–water partition coefficient (Wildman–Crippen LogP) is 2.52. The number of anilines is 1. The summed E-state index contributed by atoms with van der Waals surface area (Å²) in [7, 11) is 0. The first kappa shape index (κ1) is 11.6. The van der Waals surface area contributed by atoms with Gasteiger partial charge in [0.1, 0.15) is 5.75 Å². The maximum atomic E-state index is 5.99. The number of aromatic nitrogens is 2. The summed E-state index contributed by atoms with van der Waals surface area (Å²) in [5, 5.41) is 0.521. The summed E-state index contributed by atoms with van der Waals surface area (Å²) >= 11 is 5.99. The molecular weight excluding hydrogens is 240 g/mol. The molecular formula is C11H11ClN4O. The molecule has 0 aliphatic heterocycles. The van der Waals surface area contributed by atoms with Crippen molar-refractivity contribution in [2.75, 3.05) is 5.43 Å². The number of halogens is 1. The van der Waals surface area contributed by atoms with E-state index in [2.05, 4.69) is 15.4 Å². The van der Waals surface area contributed by atoms with Crippen LogP contribution in [0.4, 0.5) is 5.95 Å². The summed E-state index contributed by atoms with van der Waals surface area (Å²) in [6.07, 6.45) is 1.62. The van der Waals surface area contributed by atoms with Crippen LogP contribution in [0, 0.1) is 6.92 Å². The third kappa shape index (κ3) is 2.64. The van der Waals surface area contributed by atoms with Crippen molar-refractivity contribution in [1.82, 2.24) is 9.97 Å². The highest BCUT2D eigenvalue weighted by Gasteiger charge is 2.07. The van der Waals surface area contributed by atoms with E-state index in [4.69, 9.17) is 22.2 Å². The number of hydrogen-bond donors (Lipinski definition) is 2.